The minimum atomic E-state index is -0.828. The number of aliphatic hydroxyl groups excluding tert-OH is 2. The van der Waals surface area contributed by atoms with Crippen LogP contribution < -0.4 is 20.9 Å². The number of β-amino-alcohol motifs (C(OH)–C–C–N with tert-alkyl or cyclic N) is 2. The molecule has 5 aromatic rings. The van der Waals surface area contributed by atoms with Crippen molar-refractivity contribution in [2.45, 2.75) is 44.2 Å². The standard InChI is InChI=1S/C37H36Cl2N6O5/c1-50-36-22(15-40-17-24-9-11-33(48)42-24)8-10-29(43-36)28-7-3-6-27(35(28)39)26-5-2-4-25(34(26)38)21-12-13-45-32(14-21)41-16-23(37(45)49)18-44-19-30(46)31(47)20-44/h2-8,10,12-14,16,24,30-31,40,46-47H,9,11,15,17-20H2,1H3,(H,42,48)/t24?,30-,31+. The Kier molecular flexibility index (Phi) is 9.87. The van der Waals surface area contributed by atoms with Crippen LogP contribution in [0.25, 0.3) is 39.2 Å². The van der Waals surface area contributed by atoms with E-state index in [4.69, 9.17) is 32.9 Å². The fourth-order valence-electron chi connectivity index (χ4n) is 6.65. The van der Waals surface area contributed by atoms with E-state index in [1.807, 2.05) is 65.6 Å². The average Bonchev–Trinajstić information content (AvgIpc) is 3.68. The normalized spacial score (nSPS) is 19.3. The maximum absolute atomic E-state index is 13.3. The molecule has 0 spiro atoms. The molecule has 3 atom stereocenters. The van der Waals surface area contributed by atoms with E-state index < -0.39 is 12.2 Å². The molecule has 1 unspecified atom stereocenters. The van der Waals surface area contributed by atoms with Crippen LogP contribution in [0.5, 0.6) is 5.88 Å². The second-order valence-electron chi connectivity index (χ2n) is 12.7. The number of fused-ring (bicyclic) bond motifs is 1. The molecule has 0 saturated carbocycles. The van der Waals surface area contributed by atoms with E-state index in [-0.39, 0.29) is 24.1 Å². The molecule has 3 aromatic heterocycles. The van der Waals surface area contributed by atoms with Gasteiger partial charge in [-0.2, -0.15) is 0 Å². The van der Waals surface area contributed by atoms with E-state index in [9.17, 15) is 19.8 Å². The number of hydrogen-bond donors (Lipinski definition) is 4. The van der Waals surface area contributed by atoms with Crippen LogP contribution in [0.15, 0.2) is 77.9 Å². The van der Waals surface area contributed by atoms with Crippen molar-refractivity contribution in [2.75, 3.05) is 26.7 Å². The van der Waals surface area contributed by atoms with Gasteiger partial charge in [0, 0.05) is 85.4 Å². The minimum Gasteiger partial charge on any atom is -0.481 e. The molecule has 2 saturated heterocycles. The zero-order chi connectivity index (χ0) is 34.9. The molecule has 0 radical (unpaired) electrons. The van der Waals surface area contributed by atoms with Crippen LogP contribution in [-0.4, -0.2) is 80.4 Å². The van der Waals surface area contributed by atoms with Gasteiger partial charge >= 0.3 is 0 Å². The fraction of sp³-hybridized carbons (Fsp3) is 0.297. The molecule has 13 heteroatoms. The number of benzene rings is 2. The van der Waals surface area contributed by atoms with Crippen molar-refractivity contribution in [3.63, 3.8) is 0 Å². The molecule has 2 aliphatic heterocycles. The lowest BCUT2D eigenvalue weighted by Gasteiger charge is -2.16. The van der Waals surface area contributed by atoms with Crippen LogP contribution in [0.4, 0.5) is 0 Å². The molecule has 1 amide bonds. The topological polar surface area (TPSA) is 141 Å². The van der Waals surface area contributed by atoms with Crippen LogP contribution in [0.2, 0.25) is 10.0 Å². The number of pyridine rings is 2. The summed E-state index contributed by atoms with van der Waals surface area (Å²) in [5.74, 6) is 0.572. The summed E-state index contributed by atoms with van der Waals surface area (Å²) in [6, 6.07) is 19.1. The van der Waals surface area contributed by atoms with Crippen molar-refractivity contribution in [3.8, 4) is 39.4 Å². The van der Waals surface area contributed by atoms with Gasteiger partial charge in [-0.05, 0) is 30.2 Å². The number of likely N-dealkylation sites (tertiary alicyclic amines) is 1. The lowest BCUT2D eigenvalue weighted by Crippen LogP contribution is -2.35. The number of nitrogens with zero attached hydrogens (tertiary/aromatic N) is 4. The summed E-state index contributed by atoms with van der Waals surface area (Å²) < 4.78 is 7.12. The van der Waals surface area contributed by atoms with E-state index in [0.29, 0.717) is 65.4 Å². The maximum Gasteiger partial charge on any atom is 0.262 e. The summed E-state index contributed by atoms with van der Waals surface area (Å²) in [5, 5.41) is 27.1. The van der Waals surface area contributed by atoms with Crippen LogP contribution in [-0.2, 0) is 17.9 Å². The van der Waals surface area contributed by atoms with Gasteiger partial charge in [0.15, 0.2) is 0 Å². The highest BCUT2D eigenvalue weighted by Crippen LogP contribution is 2.42. The lowest BCUT2D eigenvalue weighted by atomic mass is 9.97. The predicted octanol–water partition coefficient (Wildman–Crippen LogP) is 4.31. The number of methoxy groups -OCH3 is 1. The highest BCUT2D eigenvalue weighted by molar-refractivity contribution is 6.39. The molecule has 50 heavy (non-hydrogen) atoms. The SMILES string of the molecule is COc1nc(-c2cccc(-c3cccc(-c4ccn5c(=O)c(CN6C[C@@H](O)[C@@H](O)C6)cnc5c4)c3Cl)c2Cl)ccc1CNCC1CCC(=O)N1. The van der Waals surface area contributed by atoms with Crippen molar-refractivity contribution < 1.29 is 19.7 Å². The molecule has 258 valence electrons. The lowest BCUT2D eigenvalue weighted by molar-refractivity contribution is -0.119. The summed E-state index contributed by atoms with van der Waals surface area (Å²) in [4.78, 5) is 35.9. The number of rotatable bonds is 10. The fourth-order valence-corrected chi connectivity index (χ4v) is 7.31. The van der Waals surface area contributed by atoms with Crippen molar-refractivity contribution in [1.29, 1.82) is 0 Å². The molecule has 2 aromatic carbocycles. The molecule has 2 aliphatic rings. The average molecular weight is 716 g/mol. The van der Waals surface area contributed by atoms with Gasteiger partial charge in [0.25, 0.3) is 5.56 Å². The molecule has 2 fully saturated rings. The Labute approximate surface area is 298 Å². The summed E-state index contributed by atoms with van der Waals surface area (Å²) >= 11 is 14.2. The van der Waals surface area contributed by atoms with Gasteiger partial charge in [0.05, 0.1) is 40.6 Å². The number of carbonyl (C=O) groups excluding carboxylic acids is 1. The second kappa shape index (κ2) is 14.5. The Hall–Kier alpha value is -4.36. The third-order valence-electron chi connectivity index (χ3n) is 9.31. The number of amides is 1. The van der Waals surface area contributed by atoms with E-state index in [2.05, 4.69) is 15.6 Å². The summed E-state index contributed by atoms with van der Waals surface area (Å²) in [6.45, 7) is 2.07. The Morgan fingerprint density at radius 3 is 2.34 bits per heavy atom. The number of nitrogens with one attached hydrogen (secondary N) is 2. The number of ether oxygens (including phenoxy) is 1. The predicted molar refractivity (Wildman–Crippen MR) is 192 cm³/mol. The Morgan fingerprint density at radius 2 is 1.64 bits per heavy atom. The third-order valence-corrected chi connectivity index (χ3v) is 10.1. The van der Waals surface area contributed by atoms with Crippen LogP contribution in [0, 0.1) is 0 Å². The van der Waals surface area contributed by atoms with Crippen LogP contribution >= 0.6 is 23.2 Å². The largest absolute Gasteiger partial charge is 0.481 e. The highest BCUT2D eigenvalue weighted by Gasteiger charge is 2.30. The highest BCUT2D eigenvalue weighted by atomic mass is 35.5. The van der Waals surface area contributed by atoms with E-state index in [1.54, 1.807) is 19.5 Å². The smallest absolute Gasteiger partial charge is 0.262 e. The second-order valence-corrected chi connectivity index (χ2v) is 13.5. The number of aliphatic hydroxyl groups is 2. The number of aromatic nitrogens is 3. The van der Waals surface area contributed by atoms with Gasteiger partial charge in [-0.15, -0.1) is 0 Å². The summed E-state index contributed by atoms with van der Waals surface area (Å²) in [5.41, 5.74) is 5.98. The molecule has 7 rings (SSSR count). The van der Waals surface area contributed by atoms with Crippen LogP contribution in [0.3, 0.4) is 0 Å². The van der Waals surface area contributed by atoms with Gasteiger partial charge in [0.2, 0.25) is 11.8 Å². The van der Waals surface area contributed by atoms with Gasteiger partial charge in [-0.1, -0.05) is 65.7 Å². The Balaban J connectivity index is 1.13. The Morgan fingerprint density at radius 1 is 0.940 bits per heavy atom. The molecular weight excluding hydrogens is 679 g/mol. The Bertz CT molecular complexity index is 2130. The van der Waals surface area contributed by atoms with Crippen molar-refractivity contribution >= 4 is 34.8 Å². The summed E-state index contributed by atoms with van der Waals surface area (Å²) in [7, 11) is 1.58. The van der Waals surface area contributed by atoms with E-state index >= 15 is 0 Å². The monoisotopic (exact) mass is 714 g/mol. The van der Waals surface area contributed by atoms with Gasteiger partial charge < -0.3 is 25.6 Å². The molecular formula is C37H36Cl2N6O5. The third kappa shape index (κ3) is 6.85. The first kappa shape index (κ1) is 34.1. The minimum absolute atomic E-state index is 0.0887. The molecule has 0 bridgehead atoms. The molecule has 4 N–H and O–H groups in total. The number of halogens is 2. The first-order valence-corrected chi connectivity index (χ1v) is 17.2. The first-order valence-electron chi connectivity index (χ1n) is 16.4. The zero-order valence-electron chi connectivity index (χ0n) is 27.3. The molecule has 0 aliphatic carbocycles. The van der Waals surface area contributed by atoms with Gasteiger partial charge in [-0.3, -0.25) is 18.9 Å². The first-order chi connectivity index (χ1) is 24.2. The number of hydrogen-bond acceptors (Lipinski definition) is 9. The van der Waals surface area contributed by atoms with Crippen molar-refractivity contribution in [3.05, 3.63) is 105 Å². The van der Waals surface area contributed by atoms with Crippen LogP contribution in [0.1, 0.15) is 24.0 Å². The van der Waals surface area contributed by atoms with E-state index in [0.717, 1.165) is 39.8 Å². The van der Waals surface area contributed by atoms with E-state index in [1.165, 1.54) is 4.40 Å². The van der Waals surface area contributed by atoms with Crippen molar-refractivity contribution in [2.24, 2.45) is 0 Å². The molecule has 5 heterocycles. The zero-order valence-corrected chi connectivity index (χ0v) is 28.8. The quantitative estimate of drug-likeness (QED) is 0.167. The number of carbonyl (C=O) groups is 1. The summed E-state index contributed by atoms with van der Waals surface area (Å²) in [6.07, 6.45) is 2.96. The molecule has 11 nitrogen and oxygen atoms in total. The van der Waals surface area contributed by atoms with Gasteiger partial charge in [0.1, 0.15) is 5.65 Å². The van der Waals surface area contributed by atoms with Gasteiger partial charge in [-0.25, -0.2) is 9.97 Å². The van der Waals surface area contributed by atoms with Crippen molar-refractivity contribution in [1.82, 2.24) is 29.9 Å². The maximum atomic E-state index is 13.3.